The average Bonchev–Trinajstić information content (AvgIpc) is 4.00. The van der Waals surface area contributed by atoms with Gasteiger partial charge in [-0.25, -0.2) is 4.52 Å². The molecule has 5 amide bonds. The van der Waals surface area contributed by atoms with Gasteiger partial charge in [0, 0.05) is 75.2 Å². The van der Waals surface area contributed by atoms with E-state index < -0.39 is 23.8 Å². The van der Waals surface area contributed by atoms with Crippen molar-refractivity contribution in [1.82, 2.24) is 39.5 Å². The minimum atomic E-state index is -1.05. The molecular weight excluding hydrogens is 809 g/mol. The van der Waals surface area contributed by atoms with Crippen molar-refractivity contribution in [3.63, 3.8) is 0 Å². The average molecular weight is 853 g/mol. The Morgan fingerprint density at radius 1 is 0.855 bits per heavy atom. The molecule has 0 bridgehead atoms. The number of nitriles is 1. The van der Waals surface area contributed by atoms with Crippen LogP contribution >= 0.6 is 11.3 Å². The summed E-state index contributed by atoms with van der Waals surface area (Å²) in [6, 6.07) is 13.9. The molecule has 5 aromatic rings. The molecular formula is C44H44N12O5S. The van der Waals surface area contributed by atoms with Gasteiger partial charge in [-0.15, -0.1) is 10.2 Å². The highest BCUT2D eigenvalue weighted by atomic mass is 32.1. The van der Waals surface area contributed by atoms with E-state index in [1.807, 2.05) is 31.3 Å². The lowest BCUT2D eigenvalue weighted by molar-refractivity contribution is -0.155. The van der Waals surface area contributed by atoms with Gasteiger partial charge in [0.1, 0.15) is 17.1 Å². The quantitative estimate of drug-likeness (QED) is 0.201. The van der Waals surface area contributed by atoms with E-state index in [-0.39, 0.29) is 53.7 Å². The maximum atomic E-state index is 14.2. The highest BCUT2D eigenvalue weighted by molar-refractivity contribution is 7.14. The summed E-state index contributed by atoms with van der Waals surface area (Å²) in [4.78, 5) is 78.5. The fourth-order valence-electron chi connectivity index (χ4n) is 9.93. The Balaban J connectivity index is 0.778. The zero-order valence-corrected chi connectivity index (χ0v) is 34.9. The molecule has 5 aliphatic rings. The molecule has 0 radical (unpaired) electrons. The molecule has 316 valence electrons. The van der Waals surface area contributed by atoms with E-state index in [9.17, 15) is 29.2 Å². The number of hydrogen-bond donors (Lipinski definition) is 2. The van der Waals surface area contributed by atoms with Crippen molar-refractivity contribution in [1.29, 1.82) is 5.26 Å². The molecule has 4 aromatic heterocycles. The summed E-state index contributed by atoms with van der Waals surface area (Å²) in [6.07, 6.45) is 7.82. The van der Waals surface area contributed by atoms with Crippen molar-refractivity contribution in [3.8, 4) is 28.0 Å². The van der Waals surface area contributed by atoms with Gasteiger partial charge in [0.2, 0.25) is 11.8 Å². The molecule has 62 heavy (non-hydrogen) atoms. The number of rotatable bonds is 9. The van der Waals surface area contributed by atoms with Gasteiger partial charge in [0.25, 0.3) is 17.7 Å². The number of amides is 5. The summed E-state index contributed by atoms with van der Waals surface area (Å²) in [5, 5.41) is 27.6. The van der Waals surface area contributed by atoms with Crippen molar-refractivity contribution in [2.75, 3.05) is 43.4 Å². The zero-order chi connectivity index (χ0) is 42.8. The number of benzene rings is 1. The minimum absolute atomic E-state index is 0.0703. The van der Waals surface area contributed by atoms with Gasteiger partial charge in [0.15, 0.2) is 5.01 Å². The fraction of sp³-hybridized carbons (Fsp3) is 0.409. The number of likely N-dealkylation sites (tertiary alicyclic amines) is 2. The monoisotopic (exact) mass is 852 g/mol. The third-order valence-corrected chi connectivity index (χ3v) is 14.6. The summed E-state index contributed by atoms with van der Waals surface area (Å²) in [5.41, 5.74) is 11.2. The van der Waals surface area contributed by atoms with Crippen molar-refractivity contribution < 1.29 is 24.0 Å². The number of pyridine rings is 1. The second kappa shape index (κ2) is 15.7. The number of anilines is 2. The van der Waals surface area contributed by atoms with Crippen molar-refractivity contribution >= 4 is 57.8 Å². The van der Waals surface area contributed by atoms with Gasteiger partial charge in [-0.05, 0) is 87.4 Å². The van der Waals surface area contributed by atoms with Crippen LogP contribution in [0, 0.1) is 17.2 Å². The molecule has 4 fully saturated rings. The van der Waals surface area contributed by atoms with Crippen LogP contribution in [-0.4, -0.2) is 120 Å². The second-order valence-electron chi connectivity index (χ2n) is 16.9. The third-order valence-electron chi connectivity index (χ3n) is 13.4. The van der Waals surface area contributed by atoms with Crippen LogP contribution in [-0.2, 0) is 14.4 Å². The number of primary amides is 1. The zero-order valence-electron chi connectivity index (χ0n) is 34.1. The first kappa shape index (κ1) is 39.5. The number of carbonyl (C=O) groups excluding carboxylic acids is 5. The summed E-state index contributed by atoms with van der Waals surface area (Å²) in [7, 11) is 1.84. The predicted molar refractivity (Wildman–Crippen MR) is 228 cm³/mol. The van der Waals surface area contributed by atoms with Crippen LogP contribution in [0.4, 0.5) is 11.4 Å². The van der Waals surface area contributed by atoms with E-state index in [4.69, 9.17) is 10.7 Å². The largest absolute Gasteiger partial charge is 0.387 e. The number of piperidine rings is 2. The summed E-state index contributed by atoms with van der Waals surface area (Å²) in [5.74, 6) is -2.00. The standard InChI is InChI=1S/C44H44N12O5S/c1-47-34-18-35(36-9-7-30-16-24(19-45)20-49-56(30)36)48-21-33(34)41-51-50-40(62-41)25-2-4-28(5-3-25)54-38(57)11-10-37(44(54)61)55-42(59)31-8-6-29(17-32(31)43(55)60)52-14-12-27(13-15-52)53-22-26(23-53)39(46)58/h6-9,16-18,20-21,25-28,37H,2-5,10-15,22-23H2,1H3,(H2,46,58)(H,47,48). The summed E-state index contributed by atoms with van der Waals surface area (Å²) >= 11 is 1.50. The Labute approximate surface area is 360 Å². The smallest absolute Gasteiger partial charge is 0.262 e. The highest BCUT2D eigenvalue weighted by Gasteiger charge is 2.49. The molecule has 17 nitrogen and oxygen atoms in total. The van der Waals surface area contributed by atoms with Gasteiger partial charge in [-0.1, -0.05) is 11.3 Å². The normalized spacial score (nSPS) is 22.6. The lowest BCUT2D eigenvalue weighted by Gasteiger charge is -2.46. The van der Waals surface area contributed by atoms with Crippen LogP contribution in [0.1, 0.15) is 88.6 Å². The Hall–Kier alpha value is -6.58. The molecule has 1 unspecified atom stereocenters. The van der Waals surface area contributed by atoms with Crippen LogP contribution in [0.2, 0.25) is 0 Å². The SMILES string of the molecule is CNc1cc(-c2ccc3cc(C#N)cnn23)ncc1-c1nnc(C2CCC(N3C(=O)CCC(N4C(=O)c5ccc(N6CCC(N7CC(C(N)=O)C7)CC6)cc5C4=O)C3=O)CC2)s1. The number of carbonyl (C=O) groups is 5. The minimum Gasteiger partial charge on any atom is -0.387 e. The van der Waals surface area contributed by atoms with Crippen molar-refractivity contribution in [2.24, 2.45) is 11.7 Å². The molecule has 8 heterocycles. The first-order valence-electron chi connectivity index (χ1n) is 21.2. The number of fused-ring (bicyclic) bond motifs is 2. The molecule has 10 rings (SSSR count). The Morgan fingerprint density at radius 3 is 2.37 bits per heavy atom. The summed E-state index contributed by atoms with van der Waals surface area (Å²) < 4.78 is 1.75. The number of imide groups is 2. The van der Waals surface area contributed by atoms with Gasteiger partial charge >= 0.3 is 0 Å². The van der Waals surface area contributed by atoms with Crippen LogP contribution in [0.25, 0.3) is 27.5 Å². The first-order valence-corrected chi connectivity index (χ1v) is 22.0. The van der Waals surface area contributed by atoms with E-state index in [1.54, 1.807) is 28.9 Å². The first-order chi connectivity index (χ1) is 30.1. The fourth-order valence-corrected chi connectivity index (χ4v) is 11.0. The van der Waals surface area contributed by atoms with Crippen molar-refractivity contribution in [3.05, 3.63) is 76.6 Å². The molecule has 1 atom stereocenters. The molecule has 1 aromatic carbocycles. The van der Waals surface area contributed by atoms with Gasteiger partial charge in [0.05, 0.1) is 51.3 Å². The number of nitrogens with zero attached hydrogens (tertiary/aromatic N) is 10. The molecule has 1 saturated carbocycles. The number of hydrogen-bond acceptors (Lipinski definition) is 14. The predicted octanol–water partition coefficient (Wildman–Crippen LogP) is 4.05. The van der Waals surface area contributed by atoms with E-state index in [0.29, 0.717) is 61.1 Å². The van der Waals surface area contributed by atoms with E-state index >= 15 is 0 Å². The van der Waals surface area contributed by atoms with E-state index in [0.717, 1.165) is 64.0 Å². The Morgan fingerprint density at radius 2 is 1.63 bits per heavy atom. The molecule has 3 saturated heterocycles. The number of nitrogens with two attached hydrogens (primary N) is 1. The third kappa shape index (κ3) is 6.75. The van der Waals surface area contributed by atoms with Crippen LogP contribution in [0.5, 0.6) is 0 Å². The Bertz CT molecular complexity index is 2700. The molecule has 3 N–H and O–H groups in total. The van der Waals surface area contributed by atoms with E-state index in [2.05, 4.69) is 36.5 Å². The maximum absolute atomic E-state index is 14.2. The van der Waals surface area contributed by atoms with Crippen LogP contribution < -0.4 is 16.0 Å². The molecule has 4 aliphatic heterocycles. The van der Waals surface area contributed by atoms with Crippen LogP contribution in [0.3, 0.4) is 0 Å². The topological polar surface area (TPSA) is 216 Å². The number of aromatic nitrogens is 5. The van der Waals surface area contributed by atoms with E-state index in [1.165, 1.54) is 22.4 Å². The maximum Gasteiger partial charge on any atom is 0.262 e. The summed E-state index contributed by atoms with van der Waals surface area (Å²) in [6.45, 7) is 2.95. The molecule has 18 heteroatoms. The van der Waals surface area contributed by atoms with Gasteiger partial charge in [-0.2, -0.15) is 10.4 Å². The lowest BCUT2D eigenvalue weighted by atomic mass is 9.84. The van der Waals surface area contributed by atoms with Crippen LogP contribution in [0.15, 0.2) is 54.9 Å². The van der Waals surface area contributed by atoms with Gasteiger partial charge in [-0.3, -0.25) is 43.7 Å². The van der Waals surface area contributed by atoms with Crippen molar-refractivity contribution in [2.45, 2.75) is 75.4 Å². The highest BCUT2D eigenvalue weighted by Crippen LogP contribution is 2.41. The molecule has 0 spiro atoms. The second-order valence-corrected chi connectivity index (χ2v) is 17.9. The lowest BCUT2D eigenvalue weighted by Crippen LogP contribution is -2.59. The Kier molecular flexibility index (Phi) is 10.0. The number of nitrogens with one attached hydrogen (secondary N) is 1. The van der Waals surface area contributed by atoms with Gasteiger partial charge < -0.3 is 16.0 Å². The molecule has 1 aliphatic carbocycles.